The molecule has 1 aliphatic heterocycles. The minimum absolute atomic E-state index is 0.0849. The zero-order valence-electron chi connectivity index (χ0n) is 21.6. The van der Waals surface area contributed by atoms with Gasteiger partial charge in [0.25, 0.3) is 10.0 Å². The number of rotatable bonds is 9. The third-order valence-corrected chi connectivity index (χ3v) is 8.01. The number of benzene rings is 3. The number of sulfonamides is 1. The first kappa shape index (κ1) is 26.3. The second-order valence-corrected chi connectivity index (χ2v) is 10.8. The Morgan fingerprint density at radius 2 is 1.85 bits per heavy atom. The van der Waals surface area contributed by atoms with Crippen molar-refractivity contribution in [3.8, 4) is 11.1 Å². The van der Waals surface area contributed by atoms with Crippen LogP contribution in [-0.2, 0) is 21.3 Å². The molecule has 4 aromatic rings. The molecule has 0 radical (unpaired) electrons. The Bertz CT molecular complexity index is 1630. The van der Waals surface area contributed by atoms with E-state index in [-0.39, 0.29) is 16.3 Å². The lowest BCUT2D eigenvalue weighted by Gasteiger charge is -2.27. The Labute approximate surface area is 226 Å². The number of para-hydroxylation sites is 1. The van der Waals surface area contributed by atoms with Crippen molar-refractivity contribution in [1.29, 1.82) is 0 Å². The molecule has 5 rings (SSSR count). The van der Waals surface area contributed by atoms with E-state index in [1.54, 1.807) is 44.2 Å². The van der Waals surface area contributed by atoms with Crippen molar-refractivity contribution in [2.75, 3.05) is 21.5 Å². The van der Waals surface area contributed by atoms with E-state index < -0.39 is 22.3 Å². The Hall–Kier alpha value is -4.35. The average molecular weight is 549 g/mol. The summed E-state index contributed by atoms with van der Waals surface area (Å²) >= 11 is 0. The Morgan fingerprint density at radius 1 is 1.10 bits per heavy atom. The monoisotopic (exact) mass is 548 g/mol. The zero-order valence-corrected chi connectivity index (χ0v) is 22.5. The molecule has 0 bridgehead atoms. The smallest absolute Gasteiger partial charge is 0.337 e. The number of aromatic carboxylic acids is 1. The molecule has 10 nitrogen and oxygen atoms in total. The first-order valence-corrected chi connectivity index (χ1v) is 13.8. The predicted octanol–water partition coefficient (Wildman–Crippen LogP) is 5.21. The van der Waals surface area contributed by atoms with Crippen LogP contribution in [0.4, 0.5) is 17.3 Å². The first-order valence-electron chi connectivity index (χ1n) is 12.3. The van der Waals surface area contributed by atoms with Gasteiger partial charge in [0.15, 0.2) is 0 Å². The number of nitrogens with one attached hydrogen (secondary N) is 2. The molecule has 1 aromatic heterocycles. The molecule has 39 heavy (non-hydrogen) atoms. The van der Waals surface area contributed by atoms with Gasteiger partial charge in [0, 0.05) is 24.3 Å². The molecule has 1 atom stereocenters. The largest absolute Gasteiger partial charge is 0.478 e. The summed E-state index contributed by atoms with van der Waals surface area (Å²) in [5, 5.41) is 16.8. The van der Waals surface area contributed by atoms with Gasteiger partial charge in [0.2, 0.25) is 12.2 Å². The summed E-state index contributed by atoms with van der Waals surface area (Å²) in [6, 6.07) is 19.3. The van der Waals surface area contributed by atoms with E-state index >= 15 is 0 Å². The van der Waals surface area contributed by atoms with Crippen LogP contribution in [-0.4, -0.2) is 37.6 Å². The normalized spacial score (nSPS) is 14.6. The number of carboxylic acids is 1. The second-order valence-electron chi connectivity index (χ2n) is 9.11. The molecular formula is C28H28N4O6S. The molecule has 0 saturated carbocycles. The van der Waals surface area contributed by atoms with Gasteiger partial charge in [0.05, 0.1) is 27.5 Å². The summed E-state index contributed by atoms with van der Waals surface area (Å²) in [7, 11) is -3.96. The van der Waals surface area contributed by atoms with Crippen molar-refractivity contribution in [2.45, 2.75) is 38.6 Å². The van der Waals surface area contributed by atoms with Crippen molar-refractivity contribution < 1.29 is 27.6 Å². The molecule has 202 valence electrons. The van der Waals surface area contributed by atoms with Crippen molar-refractivity contribution in [3.63, 3.8) is 0 Å². The number of hydrogen-bond donors (Lipinski definition) is 3. The van der Waals surface area contributed by atoms with Crippen LogP contribution in [0, 0.1) is 13.8 Å². The van der Waals surface area contributed by atoms with Gasteiger partial charge in [-0.3, -0.25) is 0 Å². The predicted molar refractivity (Wildman–Crippen MR) is 147 cm³/mol. The third kappa shape index (κ3) is 5.06. The Kier molecular flexibility index (Phi) is 7.02. The molecule has 1 unspecified atom stereocenters. The summed E-state index contributed by atoms with van der Waals surface area (Å²) in [6.45, 7) is 6.16. The number of carboxylic acid groups (broad SMARTS) is 1. The molecule has 0 fully saturated rings. The number of fused-ring (bicyclic) bond motifs is 1. The summed E-state index contributed by atoms with van der Waals surface area (Å²) < 4.78 is 40.1. The molecule has 3 aromatic carbocycles. The van der Waals surface area contributed by atoms with Crippen molar-refractivity contribution in [3.05, 3.63) is 89.1 Å². The van der Waals surface area contributed by atoms with Crippen LogP contribution in [0.25, 0.3) is 11.1 Å². The van der Waals surface area contributed by atoms with Gasteiger partial charge in [0.1, 0.15) is 0 Å². The summed E-state index contributed by atoms with van der Waals surface area (Å²) in [5.74, 6) is -0.935. The van der Waals surface area contributed by atoms with E-state index in [0.717, 1.165) is 5.56 Å². The van der Waals surface area contributed by atoms with Gasteiger partial charge in [-0.25, -0.2) is 17.9 Å². The highest BCUT2D eigenvalue weighted by atomic mass is 32.2. The highest BCUT2D eigenvalue weighted by molar-refractivity contribution is 7.92. The van der Waals surface area contributed by atoms with E-state index in [0.29, 0.717) is 46.9 Å². The standard InChI is InChI=1S/C28H28N4O6S/c1-4-37-28-29-23-10-7-9-22(27(33)34)25(23)32(28)16-19-12-14-20(15-13-19)21-8-5-6-11-24(21)39(35,36)31-26-17(2)18(3)30-38-26/h5-15,28-29,31H,4,16H2,1-3H3,(H,33,34). The van der Waals surface area contributed by atoms with E-state index in [1.807, 2.05) is 42.2 Å². The number of anilines is 3. The molecule has 0 amide bonds. The lowest BCUT2D eigenvalue weighted by atomic mass is 10.0. The molecule has 0 spiro atoms. The minimum atomic E-state index is -3.96. The molecule has 3 N–H and O–H groups in total. The van der Waals surface area contributed by atoms with Gasteiger partial charge in [-0.05, 0) is 50.1 Å². The van der Waals surface area contributed by atoms with Gasteiger partial charge in [-0.1, -0.05) is 53.7 Å². The summed E-state index contributed by atoms with van der Waals surface area (Å²) in [6.07, 6.45) is -0.523. The van der Waals surface area contributed by atoms with E-state index in [2.05, 4.69) is 15.2 Å². The van der Waals surface area contributed by atoms with Crippen molar-refractivity contribution in [2.24, 2.45) is 0 Å². The molecule has 1 aliphatic rings. The number of hydrogen-bond acceptors (Lipinski definition) is 8. The fraction of sp³-hybridized carbons (Fsp3) is 0.214. The molecule has 11 heteroatoms. The van der Waals surface area contributed by atoms with Crippen LogP contribution in [0.15, 0.2) is 76.1 Å². The maximum Gasteiger partial charge on any atom is 0.337 e. The number of nitrogens with zero attached hydrogens (tertiary/aromatic N) is 2. The van der Waals surface area contributed by atoms with Gasteiger partial charge < -0.3 is 24.6 Å². The molecular weight excluding hydrogens is 520 g/mol. The first-order chi connectivity index (χ1) is 18.7. The Morgan fingerprint density at radius 3 is 2.51 bits per heavy atom. The van der Waals surface area contributed by atoms with Gasteiger partial charge in [-0.15, -0.1) is 0 Å². The van der Waals surface area contributed by atoms with E-state index in [4.69, 9.17) is 9.26 Å². The second kappa shape index (κ2) is 10.4. The van der Waals surface area contributed by atoms with Crippen LogP contribution in [0.1, 0.15) is 34.1 Å². The van der Waals surface area contributed by atoms with Crippen molar-refractivity contribution in [1.82, 2.24) is 5.16 Å². The van der Waals surface area contributed by atoms with Gasteiger partial charge in [-0.2, -0.15) is 0 Å². The lowest BCUT2D eigenvalue weighted by molar-refractivity contribution is 0.0694. The molecule has 2 heterocycles. The van der Waals surface area contributed by atoms with E-state index in [9.17, 15) is 18.3 Å². The molecule has 0 aliphatic carbocycles. The lowest BCUT2D eigenvalue weighted by Crippen LogP contribution is -2.38. The number of aryl methyl sites for hydroxylation is 1. The highest BCUT2D eigenvalue weighted by Crippen LogP contribution is 2.39. The minimum Gasteiger partial charge on any atom is -0.478 e. The maximum absolute atomic E-state index is 13.3. The highest BCUT2D eigenvalue weighted by Gasteiger charge is 2.33. The average Bonchev–Trinajstić information content (AvgIpc) is 3.43. The topological polar surface area (TPSA) is 134 Å². The number of aromatic nitrogens is 1. The van der Waals surface area contributed by atoms with Crippen LogP contribution < -0.4 is 14.9 Å². The fourth-order valence-electron chi connectivity index (χ4n) is 4.54. The SMILES string of the molecule is CCOC1Nc2cccc(C(=O)O)c2N1Cc1ccc(-c2ccccc2S(=O)(=O)Nc2onc(C)c2C)cc1. The van der Waals surface area contributed by atoms with Crippen molar-refractivity contribution >= 4 is 33.3 Å². The van der Waals surface area contributed by atoms with Crippen LogP contribution in [0.2, 0.25) is 0 Å². The third-order valence-electron chi connectivity index (χ3n) is 6.62. The summed E-state index contributed by atoms with van der Waals surface area (Å²) in [5.41, 5.74) is 4.79. The number of carbonyl (C=O) groups is 1. The number of ether oxygens (including phenoxy) is 1. The Balaban J connectivity index is 1.44. The zero-order chi connectivity index (χ0) is 27.7. The van der Waals surface area contributed by atoms with Crippen LogP contribution in [0.5, 0.6) is 0 Å². The van der Waals surface area contributed by atoms with Crippen LogP contribution in [0.3, 0.4) is 0 Å². The molecule has 0 saturated heterocycles. The maximum atomic E-state index is 13.3. The summed E-state index contributed by atoms with van der Waals surface area (Å²) in [4.78, 5) is 13.9. The quantitative estimate of drug-likeness (QED) is 0.258. The van der Waals surface area contributed by atoms with Gasteiger partial charge >= 0.3 is 5.97 Å². The fourth-order valence-corrected chi connectivity index (χ4v) is 5.81. The van der Waals surface area contributed by atoms with E-state index in [1.165, 1.54) is 6.07 Å². The van der Waals surface area contributed by atoms with Crippen LogP contribution >= 0.6 is 0 Å².